The van der Waals surface area contributed by atoms with E-state index in [-0.39, 0.29) is 5.69 Å². The van der Waals surface area contributed by atoms with Crippen LogP contribution in [0.4, 0.5) is 0 Å². The Hall–Kier alpha value is -2.37. The van der Waals surface area contributed by atoms with Crippen LogP contribution in [0.2, 0.25) is 0 Å². The topological polar surface area (TPSA) is 77.2 Å². The lowest BCUT2D eigenvalue weighted by Crippen LogP contribution is -2.04. The Kier molecular flexibility index (Phi) is 2.78. The van der Waals surface area contributed by atoms with Crippen LogP contribution < -0.4 is 4.74 Å². The first-order chi connectivity index (χ1) is 8.11. The molecule has 0 fully saturated rings. The summed E-state index contributed by atoms with van der Waals surface area (Å²) >= 11 is 0. The van der Waals surface area contributed by atoms with E-state index in [9.17, 15) is 4.79 Å². The van der Waals surface area contributed by atoms with Gasteiger partial charge in [-0.1, -0.05) is 0 Å². The molecule has 0 aliphatic rings. The molecule has 0 saturated carbocycles. The zero-order valence-electron chi connectivity index (χ0n) is 9.41. The zero-order chi connectivity index (χ0) is 12.4. The minimum Gasteiger partial charge on any atom is -0.481 e. The highest BCUT2D eigenvalue weighted by Crippen LogP contribution is 2.21. The molecule has 0 amide bonds. The Morgan fingerprint density at radius 3 is 2.82 bits per heavy atom. The molecule has 0 aliphatic carbocycles. The Morgan fingerprint density at radius 1 is 1.47 bits per heavy atom. The number of aryl methyl sites for hydroxylation is 1. The van der Waals surface area contributed by atoms with Crippen molar-refractivity contribution in [3.05, 3.63) is 30.1 Å². The molecular formula is C11H11N3O3. The van der Waals surface area contributed by atoms with E-state index in [0.29, 0.717) is 11.6 Å². The summed E-state index contributed by atoms with van der Waals surface area (Å²) in [7, 11) is 3.11. The van der Waals surface area contributed by atoms with Gasteiger partial charge in [0.25, 0.3) is 0 Å². The molecule has 2 aromatic rings. The largest absolute Gasteiger partial charge is 0.481 e. The first kappa shape index (κ1) is 11.1. The van der Waals surface area contributed by atoms with Gasteiger partial charge >= 0.3 is 5.97 Å². The van der Waals surface area contributed by atoms with E-state index in [1.165, 1.54) is 17.9 Å². The van der Waals surface area contributed by atoms with Gasteiger partial charge in [-0.25, -0.2) is 9.78 Å². The van der Waals surface area contributed by atoms with Gasteiger partial charge in [-0.2, -0.15) is 5.10 Å². The first-order valence-electron chi connectivity index (χ1n) is 4.89. The van der Waals surface area contributed by atoms with E-state index in [4.69, 9.17) is 9.84 Å². The summed E-state index contributed by atoms with van der Waals surface area (Å²) in [5, 5.41) is 13.1. The molecule has 0 aromatic carbocycles. The van der Waals surface area contributed by atoms with Crippen LogP contribution in [0.1, 0.15) is 10.5 Å². The van der Waals surface area contributed by atoms with Crippen LogP contribution in [-0.4, -0.2) is 33.0 Å². The van der Waals surface area contributed by atoms with Gasteiger partial charge in [-0.3, -0.25) is 4.68 Å². The molecule has 2 aromatic heterocycles. The number of hydrogen-bond acceptors (Lipinski definition) is 4. The summed E-state index contributed by atoms with van der Waals surface area (Å²) in [5.74, 6) is -0.544. The summed E-state index contributed by atoms with van der Waals surface area (Å²) in [6.45, 7) is 0. The third-order valence-corrected chi connectivity index (χ3v) is 2.34. The molecule has 0 bridgehead atoms. The third-order valence-electron chi connectivity index (χ3n) is 2.34. The number of nitrogens with zero attached hydrogens (tertiary/aromatic N) is 3. The fourth-order valence-corrected chi connectivity index (χ4v) is 1.49. The van der Waals surface area contributed by atoms with Gasteiger partial charge in [0.05, 0.1) is 12.8 Å². The zero-order valence-corrected chi connectivity index (χ0v) is 9.41. The highest BCUT2D eigenvalue weighted by atomic mass is 16.5. The van der Waals surface area contributed by atoms with Crippen LogP contribution in [0.15, 0.2) is 24.4 Å². The van der Waals surface area contributed by atoms with Crippen molar-refractivity contribution in [3.63, 3.8) is 0 Å². The molecule has 0 saturated heterocycles. The Balaban J connectivity index is 2.46. The summed E-state index contributed by atoms with van der Waals surface area (Å²) in [5.41, 5.74) is 1.47. The molecule has 88 valence electrons. The molecule has 0 radical (unpaired) electrons. The molecule has 0 unspecified atom stereocenters. The molecule has 6 nitrogen and oxygen atoms in total. The SMILES string of the molecule is COc1cc(-c2cc(C(=O)O)n(C)n2)ccn1. The fourth-order valence-electron chi connectivity index (χ4n) is 1.49. The van der Waals surface area contributed by atoms with Crippen LogP contribution in [-0.2, 0) is 7.05 Å². The summed E-state index contributed by atoms with van der Waals surface area (Å²) in [6.07, 6.45) is 1.59. The number of aromatic carboxylic acids is 1. The van der Waals surface area contributed by atoms with E-state index >= 15 is 0 Å². The van der Waals surface area contributed by atoms with Crippen molar-refractivity contribution in [3.8, 4) is 17.1 Å². The van der Waals surface area contributed by atoms with Crippen LogP contribution in [0.3, 0.4) is 0 Å². The second kappa shape index (κ2) is 4.25. The maximum Gasteiger partial charge on any atom is 0.354 e. The first-order valence-corrected chi connectivity index (χ1v) is 4.89. The minimum absolute atomic E-state index is 0.135. The number of methoxy groups -OCH3 is 1. The van der Waals surface area contributed by atoms with Crippen molar-refractivity contribution >= 4 is 5.97 Å². The predicted molar refractivity (Wildman–Crippen MR) is 60.0 cm³/mol. The maximum absolute atomic E-state index is 10.9. The smallest absolute Gasteiger partial charge is 0.354 e. The van der Waals surface area contributed by atoms with Gasteiger partial charge in [0.1, 0.15) is 5.69 Å². The Morgan fingerprint density at radius 2 is 2.24 bits per heavy atom. The van der Waals surface area contributed by atoms with Gasteiger partial charge in [-0.15, -0.1) is 0 Å². The fraction of sp³-hybridized carbons (Fsp3) is 0.182. The summed E-state index contributed by atoms with van der Waals surface area (Å²) in [4.78, 5) is 14.9. The lowest BCUT2D eigenvalue weighted by atomic mass is 10.2. The molecular weight excluding hydrogens is 222 g/mol. The number of ether oxygens (including phenoxy) is 1. The second-order valence-corrected chi connectivity index (χ2v) is 3.43. The van der Waals surface area contributed by atoms with Gasteiger partial charge in [0, 0.05) is 24.9 Å². The second-order valence-electron chi connectivity index (χ2n) is 3.43. The van der Waals surface area contributed by atoms with E-state index in [1.54, 1.807) is 25.4 Å². The molecule has 17 heavy (non-hydrogen) atoms. The average molecular weight is 233 g/mol. The Bertz CT molecular complexity index is 563. The molecule has 1 N–H and O–H groups in total. The number of carboxylic acid groups (broad SMARTS) is 1. The van der Waals surface area contributed by atoms with Crippen molar-refractivity contribution in [2.24, 2.45) is 7.05 Å². The van der Waals surface area contributed by atoms with Crippen molar-refractivity contribution < 1.29 is 14.6 Å². The van der Waals surface area contributed by atoms with Crippen LogP contribution in [0.25, 0.3) is 11.3 Å². The number of rotatable bonds is 3. The third kappa shape index (κ3) is 2.10. The minimum atomic E-state index is -1.01. The molecule has 0 atom stereocenters. The van der Waals surface area contributed by atoms with Crippen LogP contribution >= 0.6 is 0 Å². The van der Waals surface area contributed by atoms with E-state index in [0.717, 1.165) is 5.56 Å². The van der Waals surface area contributed by atoms with Crippen molar-refractivity contribution in [2.45, 2.75) is 0 Å². The van der Waals surface area contributed by atoms with Gasteiger partial charge in [-0.05, 0) is 12.1 Å². The van der Waals surface area contributed by atoms with Crippen molar-refractivity contribution in [1.82, 2.24) is 14.8 Å². The van der Waals surface area contributed by atoms with Gasteiger partial charge in [0.15, 0.2) is 0 Å². The van der Waals surface area contributed by atoms with Gasteiger partial charge in [0.2, 0.25) is 5.88 Å². The van der Waals surface area contributed by atoms with Crippen molar-refractivity contribution in [1.29, 1.82) is 0 Å². The van der Waals surface area contributed by atoms with E-state index in [1.807, 2.05) is 0 Å². The summed E-state index contributed by atoms with van der Waals surface area (Å²) < 4.78 is 6.32. The normalized spacial score (nSPS) is 10.2. The highest BCUT2D eigenvalue weighted by Gasteiger charge is 2.13. The predicted octanol–water partition coefficient (Wildman–Crippen LogP) is 1.19. The Labute approximate surface area is 97.5 Å². The highest BCUT2D eigenvalue weighted by molar-refractivity contribution is 5.87. The molecule has 0 spiro atoms. The summed E-state index contributed by atoms with van der Waals surface area (Å²) in [6, 6.07) is 4.96. The van der Waals surface area contributed by atoms with Crippen molar-refractivity contribution in [2.75, 3.05) is 7.11 Å². The molecule has 2 rings (SSSR count). The quantitative estimate of drug-likeness (QED) is 0.861. The average Bonchev–Trinajstić information content (AvgIpc) is 2.71. The number of hydrogen-bond donors (Lipinski definition) is 1. The van der Waals surface area contributed by atoms with Crippen LogP contribution in [0, 0.1) is 0 Å². The molecule has 0 aliphatic heterocycles. The van der Waals surface area contributed by atoms with E-state index in [2.05, 4.69) is 10.1 Å². The number of carbonyl (C=O) groups is 1. The van der Waals surface area contributed by atoms with E-state index < -0.39 is 5.97 Å². The lowest BCUT2D eigenvalue weighted by molar-refractivity contribution is 0.0685. The van der Waals surface area contributed by atoms with Crippen LogP contribution in [0.5, 0.6) is 5.88 Å². The molecule has 6 heteroatoms. The lowest BCUT2D eigenvalue weighted by Gasteiger charge is -1.99. The number of carboxylic acids is 1. The maximum atomic E-state index is 10.9. The standard InChI is InChI=1S/C11H11N3O3/c1-14-9(11(15)16)6-8(13-14)7-3-4-12-10(5-7)17-2/h3-6H,1-2H3,(H,15,16). The van der Waals surface area contributed by atoms with Gasteiger partial charge < -0.3 is 9.84 Å². The molecule has 2 heterocycles. The number of aromatic nitrogens is 3. The number of pyridine rings is 1. The monoisotopic (exact) mass is 233 g/mol.